The van der Waals surface area contributed by atoms with Gasteiger partial charge in [-0.3, -0.25) is 4.79 Å². The van der Waals surface area contributed by atoms with E-state index in [-0.39, 0.29) is 11.4 Å². The second-order valence-electron chi connectivity index (χ2n) is 4.71. The van der Waals surface area contributed by atoms with Crippen LogP contribution in [0.3, 0.4) is 0 Å². The van der Waals surface area contributed by atoms with Gasteiger partial charge in [-0.25, -0.2) is 4.79 Å². The van der Waals surface area contributed by atoms with Crippen LogP contribution in [0, 0.1) is 0 Å². The van der Waals surface area contributed by atoms with E-state index >= 15 is 0 Å². The summed E-state index contributed by atoms with van der Waals surface area (Å²) < 4.78 is 50.2. The fourth-order valence-corrected chi connectivity index (χ4v) is 1.99. The van der Waals surface area contributed by atoms with Crippen molar-refractivity contribution in [3.05, 3.63) is 46.8 Å². The number of alkyl halides is 3. The van der Waals surface area contributed by atoms with Crippen molar-refractivity contribution in [2.45, 2.75) is 19.4 Å². The van der Waals surface area contributed by atoms with Crippen LogP contribution < -0.4 is 10.1 Å². The molecule has 0 aliphatic carbocycles. The van der Waals surface area contributed by atoms with E-state index in [0.29, 0.717) is 4.67 Å². The van der Waals surface area contributed by atoms with E-state index in [9.17, 15) is 22.8 Å². The van der Waals surface area contributed by atoms with Crippen LogP contribution in [-0.2, 0) is 9.53 Å². The fraction of sp³-hybridized carbons (Fsp3) is 0.200. The standard InChI is InChI=1S/C15H11BrF3NO5/c1-8(23-14(22)11-6-7-12(16)24-11)13(21)20-9-2-4-10(5-3-9)25-15(17,18)19/h2-8H,1H3,(H,20,21). The lowest BCUT2D eigenvalue weighted by Crippen LogP contribution is -2.29. The lowest BCUT2D eigenvalue weighted by Gasteiger charge is -2.13. The number of nitrogens with one attached hydrogen (secondary N) is 1. The highest BCUT2D eigenvalue weighted by Gasteiger charge is 2.31. The molecule has 0 radical (unpaired) electrons. The van der Waals surface area contributed by atoms with E-state index < -0.39 is 30.1 Å². The lowest BCUT2D eigenvalue weighted by atomic mass is 10.3. The molecule has 2 aromatic rings. The maximum atomic E-state index is 12.1. The molecule has 1 atom stereocenters. The monoisotopic (exact) mass is 421 g/mol. The first-order valence-electron chi connectivity index (χ1n) is 6.77. The van der Waals surface area contributed by atoms with Crippen molar-refractivity contribution in [2.75, 3.05) is 5.32 Å². The Hall–Kier alpha value is -2.49. The zero-order chi connectivity index (χ0) is 18.6. The van der Waals surface area contributed by atoms with Crippen LogP contribution in [0.2, 0.25) is 0 Å². The number of esters is 1. The molecule has 1 aromatic heterocycles. The van der Waals surface area contributed by atoms with Crippen molar-refractivity contribution >= 4 is 33.5 Å². The summed E-state index contributed by atoms with van der Waals surface area (Å²) in [5.74, 6) is -2.00. The highest BCUT2D eigenvalue weighted by molar-refractivity contribution is 9.10. The quantitative estimate of drug-likeness (QED) is 0.734. The predicted octanol–water partition coefficient (Wildman–Crippen LogP) is 4.12. The Morgan fingerprint density at radius 3 is 2.32 bits per heavy atom. The average molecular weight is 422 g/mol. The Labute approximate surface area is 148 Å². The largest absolute Gasteiger partial charge is 0.573 e. The first-order chi connectivity index (χ1) is 11.6. The third-order valence-corrected chi connectivity index (χ3v) is 3.21. The summed E-state index contributed by atoms with van der Waals surface area (Å²) in [6.07, 6.45) is -5.95. The van der Waals surface area contributed by atoms with Gasteiger partial charge in [0, 0.05) is 5.69 Å². The van der Waals surface area contributed by atoms with Gasteiger partial charge in [0.15, 0.2) is 10.8 Å². The van der Waals surface area contributed by atoms with Crippen LogP contribution in [0.5, 0.6) is 5.75 Å². The summed E-state index contributed by atoms with van der Waals surface area (Å²) in [5, 5.41) is 2.40. The Balaban J connectivity index is 1.91. The number of furan rings is 1. The van der Waals surface area contributed by atoms with Gasteiger partial charge >= 0.3 is 12.3 Å². The third kappa shape index (κ3) is 5.82. The number of amides is 1. The summed E-state index contributed by atoms with van der Waals surface area (Å²) in [5.41, 5.74) is 0.211. The molecule has 0 saturated heterocycles. The SMILES string of the molecule is CC(OC(=O)c1ccc(Br)o1)C(=O)Nc1ccc(OC(F)(F)F)cc1. The summed E-state index contributed by atoms with van der Waals surface area (Å²) in [7, 11) is 0. The molecule has 0 fully saturated rings. The smallest absolute Gasteiger partial charge is 0.447 e. The molecule has 2 rings (SSSR count). The van der Waals surface area contributed by atoms with E-state index in [2.05, 4.69) is 26.0 Å². The second kappa shape index (κ2) is 7.60. The van der Waals surface area contributed by atoms with Gasteiger partial charge in [0.2, 0.25) is 5.76 Å². The number of hydrogen-bond donors (Lipinski definition) is 1. The van der Waals surface area contributed by atoms with Crippen molar-refractivity contribution < 1.29 is 36.7 Å². The van der Waals surface area contributed by atoms with E-state index in [1.807, 2.05) is 0 Å². The Bertz CT molecular complexity index is 757. The Morgan fingerprint density at radius 2 is 1.80 bits per heavy atom. The topological polar surface area (TPSA) is 77.8 Å². The van der Waals surface area contributed by atoms with E-state index in [1.54, 1.807) is 0 Å². The summed E-state index contributed by atoms with van der Waals surface area (Å²) in [6, 6.07) is 7.39. The van der Waals surface area contributed by atoms with Gasteiger partial charge in [-0.1, -0.05) is 0 Å². The Morgan fingerprint density at radius 1 is 1.16 bits per heavy atom. The molecule has 134 valence electrons. The summed E-state index contributed by atoms with van der Waals surface area (Å²) in [6.45, 7) is 1.34. The minimum Gasteiger partial charge on any atom is -0.447 e. The molecule has 0 spiro atoms. The zero-order valence-corrected chi connectivity index (χ0v) is 14.2. The van der Waals surface area contributed by atoms with Gasteiger partial charge in [-0.05, 0) is 59.3 Å². The van der Waals surface area contributed by atoms with Crippen molar-refractivity contribution in [1.82, 2.24) is 0 Å². The maximum absolute atomic E-state index is 12.1. The van der Waals surface area contributed by atoms with Crippen molar-refractivity contribution in [2.24, 2.45) is 0 Å². The number of benzene rings is 1. The maximum Gasteiger partial charge on any atom is 0.573 e. The van der Waals surface area contributed by atoms with Gasteiger partial charge in [-0.15, -0.1) is 13.2 Å². The molecule has 1 unspecified atom stereocenters. The number of hydrogen-bond acceptors (Lipinski definition) is 5. The lowest BCUT2D eigenvalue weighted by molar-refractivity contribution is -0.274. The van der Waals surface area contributed by atoms with Gasteiger partial charge < -0.3 is 19.2 Å². The van der Waals surface area contributed by atoms with Gasteiger partial charge in [0.05, 0.1) is 0 Å². The minimum atomic E-state index is -4.80. The zero-order valence-electron chi connectivity index (χ0n) is 12.6. The van der Waals surface area contributed by atoms with Gasteiger partial charge in [-0.2, -0.15) is 0 Å². The molecule has 10 heteroatoms. The molecule has 0 bridgehead atoms. The second-order valence-corrected chi connectivity index (χ2v) is 5.49. The van der Waals surface area contributed by atoms with Crippen LogP contribution in [-0.4, -0.2) is 24.3 Å². The molecular formula is C15H11BrF3NO5. The van der Waals surface area contributed by atoms with Crippen LogP contribution in [0.15, 0.2) is 45.5 Å². The summed E-state index contributed by atoms with van der Waals surface area (Å²) in [4.78, 5) is 23.7. The van der Waals surface area contributed by atoms with Crippen LogP contribution in [0.25, 0.3) is 0 Å². The molecule has 25 heavy (non-hydrogen) atoms. The molecule has 1 heterocycles. The molecule has 1 aromatic carbocycles. The van der Waals surface area contributed by atoms with Crippen molar-refractivity contribution in [1.29, 1.82) is 0 Å². The highest BCUT2D eigenvalue weighted by Crippen LogP contribution is 2.24. The molecule has 0 saturated carbocycles. The number of carbonyl (C=O) groups excluding carboxylic acids is 2. The normalized spacial score (nSPS) is 12.4. The van der Waals surface area contributed by atoms with E-state index in [0.717, 1.165) is 12.1 Å². The predicted molar refractivity (Wildman–Crippen MR) is 83.0 cm³/mol. The number of rotatable bonds is 5. The van der Waals surface area contributed by atoms with E-state index in [4.69, 9.17) is 9.15 Å². The molecular weight excluding hydrogens is 411 g/mol. The Kier molecular flexibility index (Phi) is 5.73. The number of halogens is 4. The number of ether oxygens (including phenoxy) is 2. The molecule has 1 N–H and O–H groups in total. The van der Waals surface area contributed by atoms with Crippen LogP contribution >= 0.6 is 15.9 Å². The molecule has 6 nitrogen and oxygen atoms in total. The molecule has 0 aliphatic rings. The average Bonchev–Trinajstić information content (AvgIpc) is 2.94. The van der Waals surface area contributed by atoms with E-state index in [1.165, 1.54) is 31.2 Å². The van der Waals surface area contributed by atoms with Gasteiger partial charge in [0.25, 0.3) is 5.91 Å². The first-order valence-corrected chi connectivity index (χ1v) is 7.56. The third-order valence-electron chi connectivity index (χ3n) is 2.78. The fourth-order valence-electron chi connectivity index (χ4n) is 1.68. The summed E-state index contributed by atoms with van der Waals surface area (Å²) >= 11 is 3.03. The number of anilines is 1. The number of carbonyl (C=O) groups is 2. The van der Waals surface area contributed by atoms with Crippen molar-refractivity contribution in [3.63, 3.8) is 0 Å². The van der Waals surface area contributed by atoms with Crippen LogP contribution in [0.4, 0.5) is 18.9 Å². The minimum absolute atomic E-state index is 0.0832. The highest BCUT2D eigenvalue weighted by atomic mass is 79.9. The molecule has 0 aliphatic heterocycles. The van der Waals surface area contributed by atoms with Crippen molar-refractivity contribution in [3.8, 4) is 5.75 Å². The van der Waals surface area contributed by atoms with Crippen LogP contribution in [0.1, 0.15) is 17.5 Å². The first kappa shape index (κ1) is 18.8. The van der Waals surface area contributed by atoms with Gasteiger partial charge in [0.1, 0.15) is 5.75 Å². The molecule has 1 amide bonds.